The van der Waals surface area contributed by atoms with E-state index in [0.29, 0.717) is 0 Å². The highest BCUT2D eigenvalue weighted by atomic mass is 16.5. The molecule has 0 saturated heterocycles. The summed E-state index contributed by atoms with van der Waals surface area (Å²) in [6, 6.07) is 6.12. The summed E-state index contributed by atoms with van der Waals surface area (Å²) in [5.74, 6) is 0.827. The molecule has 3 heteroatoms. The molecule has 0 spiro atoms. The third-order valence-electron chi connectivity index (χ3n) is 2.85. The van der Waals surface area contributed by atoms with E-state index in [0.717, 1.165) is 34.6 Å². The lowest BCUT2D eigenvalue weighted by Gasteiger charge is -2.13. The lowest BCUT2D eigenvalue weighted by molar-refractivity contribution is 0.419. The van der Waals surface area contributed by atoms with E-state index in [9.17, 15) is 0 Å². The molecule has 0 saturated carbocycles. The summed E-state index contributed by atoms with van der Waals surface area (Å²) >= 11 is 0. The van der Waals surface area contributed by atoms with E-state index >= 15 is 0 Å². The van der Waals surface area contributed by atoms with Crippen LogP contribution in [0.5, 0.6) is 5.75 Å². The number of aromatic nitrogens is 1. The molecule has 2 aromatic rings. The number of methoxy groups -OCH3 is 1. The highest BCUT2D eigenvalue weighted by Gasteiger charge is 2.10. The number of anilines is 1. The third-order valence-corrected chi connectivity index (χ3v) is 2.85. The fourth-order valence-electron chi connectivity index (χ4n) is 2.11. The van der Waals surface area contributed by atoms with Gasteiger partial charge in [0.25, 0.3) is 0 Å². The van der Waals surface area contributed by atoms with Crippen molar-refractivity contribution in [1.82, 2.24) is 4.98 Å². The van der Waals surface area contributed by atoms with E-state index in [1.807, 2.05) is 13.0 Å². The van der Waals surface area contributed by atoms with E-state index in [1.165, 1.54) is 5.56 Å². The molecule has 0 aliphatic heterocycles. The van der Waals surface area contributed by atoms with Crippen molar-refractivity contribution >= 4 is 16.6 Å². The molecule has 0 aliphatic rings. The molecule has 1 aromatic heterocycles. The number of rotatable bonds is 3. The predicted molar refractivity (Wildman–Crippen MR) is 71.9 cm³/mol. The monoisotopic (exact) mass is 230 g/mol. The molecule has 0 radical (unpaired) electrons. The van der Waals surface area contributed by atoms with Crippen molar-refractivity contribution in [3.8, 4) is 5.75 Å². The lowest BCUT2D eigenvalue weighted by atomic mass is 10.1. The van der Waals surface area contributed by atoms with Gasteiger partial charge in [0.05, 0.1) is 7.11 Å². The zero-order chi connectivity index (χ0) is 12.4. The van der Waals surface area contributed by atoms with E-state index in [4.69, 9.17) is 4.74 Å². The normalized spacial score (nSPS) is 10.6. The van der Waals surface area contributed by atoms with Gasteiger partial charge in [-0.2, -0.15) is 0 Å². The van der Waals surface area contributed by atoms with Crippen LogP contribution in [0.1, 0.15) is 18.2 Å². The maximum atomic E-state index is 5.38. The number of pyridine rings is 1. The molecule has 17 heavy (non-hydrogen) atoms. The molecule has 1 N–H and O–H groups in total. The van der Waals surface area contributed by atoms with Gasteiger partial charge < -0.3 is 10.1 Å². The van der Waals surface area contributed by atoms with E-state index in [1.54, 1.807) is 7.11 Å². The maximum absolute atomic E-state index is 5.38. The molecule has 3 nitrogen and oxygen atoms in total. The second-order valence-electron chi connectivity index (χ2n) is 4.15. The molecule has 0 fully saturated rings. The Morgan fingerprint density at radius 1 is 1.29 bits per heavy atom. The van der Waals surface area contributed by atoms with E-state index in [-0.39, 0.29) is 0 Å². The molecular weight excluding hydrogens is 212 g/mol. The molecule has 0 atom stereocenters. The minimum Gasteiger partial charge on any atom is -0.494 e. The third kappa shape index (κ3) is 2.05. The fraction of sp³-hybridized carbons (Fsp3) is 0.357. The van der Waals surface area contributed by atoms with Crippen LogP contribution in [-0.4, -0.2) is 18.6 Å². The summed E-state index contributed by atoms with van der Waals surface area (Å²) in [5, 5.41) is 4.54. The van der Waals surface area contributed by atoms with Gasteiger partial charge in [0.2, 0.25) is 0 Å². The first-order valence-corrected chi connectivity index (χ1v) is 5.86. The number of hydrogen-bond donors (Lipinski definition) is 1. The Bertz CT molecular complexity index is 549. The van der Waals surface area contributed by atoms with Gasteiger partial charge in [-0.15, -0.1) is 0 Å². The van der Waals surface area contributed by atoms with Gasteiger partial charge in [0.1, 0.15) is 11.3 Å². The quantitative estimate of drug-likeness (QED) is 0.878. The van der Waals surface area contributed by atoms with Crippen molar-refractivity contribution in [3.63, 3.8) is 0 Å². The number of fused-ring (bicyclic) bond motifs is 1. The summed E-state index contributed by atoms with van der Waals surface area (Å²) in [6.07, 6.45) is 0. The standard InChI is InChI=1S/C14H18N2O/c1-5-15-11-8-10(3)16-14-12(17-4)7-6-9(2)13(11)14/h6-8H,5H2,1-4H3,(H,15,16). The molecule has 1 heterocycles. The smallest absolute Gasteiger partial charge is 0.145 e. The van der Waals surface area contributed by atoms with Crippen LogP contribution in [0.15, 0.2) is 18.2 Å². The first kappa shape index (κ1) is 11.7. The van der Waals surface area contributed by atoms with Gasteiger partial charge in [0.15, 0.2) is 0 Å². The minimum absolute atomic E-state index is 0.827. The Morgan fingerprint density at radius 2 is 2.06 bits per heavy atom. The van der Waals surface area contributed by atoms with Crippen LogP contribution < -0.4 is 10.1 Å². The molecule has 90 valence electrons. The van der Waals surface area contributed by atoms with Crippen LogP contribution >= 0.6 is 0 Å². The van der Waals surface area contributed by atoms with Crippen LogP contribution in [0, 0.1) is 13.8 Å². The van der Waals surface area contributed by atoms with Crippen LogP contribution in [0.3, 0.4) is 0 Å². The van der Waals surface area contributed by atoms with Crippen molar-refractivity contribution in [2.75, 3.05) is 19.0 Å². The second kappa shape index (κ2) is 4.62. The maximum Gasteiger partial charge on any atom is 0.145 e. The van der Waals surface area contributed by atoms with Gasteiger partial charge >= 0.3 is 0 Å². The van der Waals surface area contributed by atoms with Crippen LogP contribution in [0.4, 0.5) is 5.69 Å². The predicted octanol–water partition coefficient (Wildman–Crippen LogP) is 3.29. The fourth-order valence-corrected chi connectivity index (χ4v) is 2.11. The zero-order valence-corrected chi connectivity index (χ0v) is 10.8. The van der Waals surface area contributed by atoms with E-state index in [2.05, 4.69) is 36.3 Å². The topological polar surface area (TPSA) is 34.2 Å². The molecular formula is C14H18N2O. The van der Waals surface area contributed by atoms with Crippen LogP contribution in [0.2, 0.25) is 0 Å². The first-order chi connectivity index (χ1) is 8.17. The van der Waals surface area contributed by atoms with E-state index < -0.39 is 0 Å². The average molecular weight is 230 g/mol. The first-order valence-electron chi connectivity index (χ1n) is 5.86. The number of hydrogen-bond acceptors (Lipinski definition) is 3. The van der Waals surface area contributed by atoms with Gasteiger partial charge in [-0.1, -0.05) is 6.07 Å². The largest absolute Gasteiger partial charge is 0.494 e. The number of aryl methyl sites for hydroxylation is 2. The Hall–Kier alpha value is -1.77. The van der Waals surface area contributed by atoms with Gasteiger partial charge in [-0.05, 0) is 38.5 Å². The van der Waals surface area contributed by atoms with Crippen LogP contribution in [-0.2, 0) is 0 Å². The van der Waals surface area contributed by atoms with Gasteiger partial charge in [-0.25, -0.2) is 4.98 Å². The van der Waals surface area contributed by atoms with Crippen molar-refractivity contribution in [3.05, 3.63) is 29.5 Å². The van der Waals surface area contributed by atoms with Gasteiger partial charge in [0, 0.05) is 23.3 Å². The summed E-state index contributed by atoms with van der Waals surface area (Å²) in [6.45, 7) is 7.09. The number of ether oxygens (including phenoxy) is 1. The number of nitrogens with zero attached hydrogens (tertiary/aromatic N) is 1. The Labute approximate surface area is 102 Å². The molecule has 2 rings (SSSR count). The van der Waals surface area contributed by atoms with Crippen molar-refractivity contribution in [1.29, 1.82) is 0 Å². The molecule has 0 unspecified atom stereocenters. The Balaban J connectivity index is 2.81. The summed E-state index contributed by atoms with van der Waals surface area (Å²) in [5.41, 5.74) is 4.27. The summed E-state index contributed by atoms with van der Waals surface area (Å²) in [7, 11) is 1.68. The Kier molecular flexibility index (Phi) is 3.18. The Morgan fingerprint density at radius 3 is 2.71 bits per heavy atom. The van der Waals surface area contributed by atoms with Crippen LogP contribution in [0.25, 0.3) is 10.9 Å². The average Bonchev–Trinajstić information content (AvgIpc) is 2.29. The molecule has 0 aliphatic carbocycles. The highest BCUT2D eigenvalue weighted by molar-refractivity contribution is 5.97. The second-order valence-corrected chi connectivity index (χ2v) is 4.15. The lowest BCUT2D eigenvalue weighted by Crippen LogP contribution is -2.01. The number of nitrogens with one attached hydrogen (secondary N) is 1. The summed E-state index contributed by atoms with van der Waals surface area (Å²) < 4.78 is 5.38. The van der Waals surface area contributed by atoms with Gasteiger partial charge in [-0.3, -0.25) is 0 Å². The zero-order valence-electron chi connectivity index (χ0n) is 10.8. The minimum atomic E-state index is 0.827. The number of benzene rings is 1. The summed E-state index contributed by atoms with van der Waals surface area (Å²) in [4.78, 5) is 4.59. The van der Waals surface area contributed by atoms with Crippen molar-refractivity contribution in [2.24, 2.45) is 0 Å². The molecule has 0 bridgehead atoms. The van der Waals surface area contributed by atoms with Crippen molar-refractivity contribution < 1.29 is 4.74 Å². The molecule has 1 aromatic carbocycles. The van der Waals surface area contributed by atoms with Crippen molar-refractivity contribution in [2.45, 2.75) is 20.8 Å². The highest BCUT2D eigenvalue weighted by Crippen LogP contribution is 2.32. The SMILES string of the molecule is CCNc1cc(C)nc2c(OC)ccc(C)c12. The molecule has 0 amide bonds.